The summed E-state index contributed by atoms with van der Waals surface area (Å²) >= 11 is 11.8. The average Bonchev–Trinajstić information content (AvgIpc) is 2.45. The Kier molecular flexibility index (Phi) is 3.49. The monoisotopic (exact) mass is 257 g/mol. The molecule has 0 unspecified atom stereocenters. The van der Waals surface area contributed by atoms with E-state index in [9.17, 15) is 0 Å². The minimum Gasteiger partial charge on any atom is -1.00 e. The zero-order valence-electron chi connectivity index (χ0n) is 5.55. The van der Waals surface area contributed by atoms with Gasteiger partial charge >= 0.3 is 10.3 Å². The second kappa shape index (κ2) is 4.03. The van der Waals surface area contributed by atoms with E-state index >= 15 is 0 Å². The fourth-order valence-electron chi connectivity index (χ4n) is 0.780. The highest BCUT2D eigenvalue weighted by atomic mass is 35.5. The van der Waals surface area contributed by atoms with Crippen LogP contribution in [0.3, 0.4) is 0 Å². The normalized spacial score (nSPS) is 9.83. The summed E-state index contributed by atoms with van der Waals surface area (Å²) in [6.07, 6.45) is 0. The second-order valence-corrected chi connectivity index (χ2v) is 4.62. The molecular formula is C6H2Cl3NS2. The molecule has 1 aromatic heterocycles. The Labute approximate surface area is 92.9 Å². The van der Waals surface area contributed by atoms with Gasteiger partial charge in [-0.25, -0.2) is 0 Å². The maximum absolute atomic E-state index is 5.89. The Morgan fingerprint density at radius 3 is 2.58 bits per heavy atom. The number of hydrogen-bond donors (Lipinski definition) is 0. The topological polar surface area (TPSA) is 12.9 Å². The van der Waals surface area contributed by atoms with Crippen molar-refractivity contribution in [3.63, 3.8) is 0 Å². The lowest BCUT2D eigenvalue weighted by Gasteiger charge is -1.86. The van der Waals surface area contributed by atoms with Crippen molar-refractivity contribution in [3.8, 4) is 0 Å². The number of fused-ring (bicyclic) bond motifs is 1. The third-order valence-corrected chi connectivity index (χ3v) is 3.87. The predicted octanol–water partition coefficient (Wildman–Crippen LogP) is 0.950. The first-order valence-electron chi connectivity index (χ1n) is 2.82. The largest absolute Gasteiger partial charge is 1.00 e. The van der Waals surface area contributed by atoms with E-state index < -0.39 is 0 Å². The molecule has 0 spiro atoms. The quantitative estimate of drug-likeness (QED) is 0.506. The molecule has 1 heterocycles. The van der Waals surface area contributed by atoms with Crippen LogP contribution in [-0.2, 0) is 0 Å². The van der Waals surface area contributed by atoms with Gasteiger partial charge in [-0.3, -0.25) is 0 Å². The third kappa shape index (κ3) is 1.65. The lowest BCUT2D eigenvalue weighted by Crippen LogP contribution is -3.00. The summed E-state index contributed by atoms with van der Waals surface area (Å²) in [5.41, 5.74) is 0.814. The molecule has 1 nitrogen and oxygen atoms in total. The maximum atomic E-state index is 5.89. The smallest absolute Gasteiger partial charge is 0.325 e. The van der Waals surface area contributed by atoms with Gasteiger partial charge in [0, 0.05) is 0 Å². The van der Waals surface area contributed by atoms with E-state index in [4.69, 9.17) is 23.2 Å². The van der Waals surface area contributed by atoms with E-state index in [-0.39, 0.29) is 12.4 Å². The van der Waals surface area contributed by atoms with Crippen LogP contribution in [0.15, 0.2) is 12.1 Å². The molecule has 0 saturated heterocycles. The second-order valence-electron chi connectivity index (χ2n) is 1.96. The van der Waals surface area contributed by atoms with Gasteiger partial charge in [-0.05, 0) is 12.1 Å². The first-order chi connectivity index (χ1) is 5.29. The van der Waals surface area contributed by atoms with Crippen LogP contribution < -0.4 is 12.4 Å². The fourth-order valence-corrected chi connectivity index (χ4v) is 3.37. The summed E-state index contributed by atoms with van der Waals surface area (Å²) in [7, 11) is 2.95. The Bertz CT molecular complexity index is 365. The number of aromatic nitrogens is 1. The summed E-state index contributed by atoms with van der Waals surface area (Å²) in [6, 6.07) is 3.55. The molecule has 6 heteroatoms. The van der Waals surface area contributed by atoms with E-state index in [2.05, 4.69) is 4.37 Å². The van der Waals surface area contributed by atoms with Gasteiger partial charge < -0.3 is 12.4 Å². The summed E-state index contributed by atoms with van der Waals surface area (Å²) in [6.45, 7) is 0. The van der Waals surface area contributed by atoms with Crippen molar-refractivity contribution in [2.24, 2.45) is 0 Å². The molecule has 2 aromatic rings. The van der Waals surface area contributed by atoms with Gasteiger partial charge in [0.05, 0.1) is 5.02 Å². The van der Waals surface area contributed by atoms with Crippen molar-refractivity contribution in [1.82, 2.24) is 4.37 Å². The number of rotatable bonds is 0. The highest BCUT2D eigenvalue weighted by Gasteiger charge is 2.16. The maximum Gasteiger partial charge on any atom is 0.325 e. The summed E-state index contributed by atoms with van der Waals surface area (Å²) in [4.78, 5) is 0. The molecule has 1 aromatic carbocycles. The fraction of sp³-hybridized carbons (Fsp3) is 0. The first kappa shape index (κ1) is 10.4. The van der Waals surface area contributed by atoms with Crippen molar-refractivity contribution in [2.75, 3.05) is 0 Å². The SMILES string of the molecule is Clc1ccc(Cl)c2[s+]snc12.[Cl-]. The van der Waals surface area contributed by atoms with Gasteiger partial charge in [0.15, 0.2) is 5.52 Å². The van der Waals surface area contributed by atoms with Crippen LogP contribution in [0.25, 0.3) is 10.2 Å². The van der Waals surface area contributed by atoms with Gasteiger partial charge in [-0.15, -0.1) is 4.37 Å². The lowest BCUT2D eigenvalue weighted by molar-refractivity contribution is -0.00000188. The Morgan fingerprint density at radius 1 is 1.25 bits per heavy atom. The molecule has 0 bridgehead atoms. The minimum absolute atomic E-state index is 0. The van der Waals surface area contributed by atoms with Crippen LogP contribution in [0, 0.1) is 0 Å². The molecule has 0 atom stereocenters. The summed E-state index contributed by atoms with van der Waals surface area (Å²) in [5, 5.41) is 1.39. The number of nitrogens with zero attached hydrogens (tertiary/aromatic N) is 1. The highest BCUT2D eigenvalue weighted by Crippen LogP contribution is 2.33. The standard InChI is InChI=1S/C6H2Cl2NS2.ClH/c7-3-1-2-4(8)6-5(3)9-11-10-6;/h1-2H;1H/q+1;/p-1. The van der Waals surface area contributed by atoms with Crippen molar-refractivity contribution < 1.29 is 12.4 Å². The van der Waals surface area contributed by atoms with Crippen molar-refractivity contribution in [3.05, 3.63) is 22.2 Å². The van der Waals surface area contributed by atoms with Crippen molar-refractivity contribution >= 4 is 54.3 Å². The summed E-state index contributed by atoms with van der Waals surface area (Å²) in [5.74, 6) is 0. The van der Waals surface area contributed by atoms with Gasteiger partial charge in [-0.1, -0.05) is 23.2 Å². The summed E-state index contributed by atoms with van der Waals surface area (Å²) < 4.78 is 5.10. The van der Waals surface area contributed by atoms with E-state index in [1.807, 2.05) is 0 Å². The van der Waals surface area contributed by atoms with E-state index in [0.717, 1.165) is 15.2 Å². The zero-order chi connectivity index (χ0) is 7.84. The number of hydrogen-bond acceptors (Lipinski definition) is 2. The van der Waals surface area contributed by atoms with Crippen LogP contribution in [0.1, 0.15) is 0 Å². The Balaban J connectivity index is 0.000000720. The molecule has 0 fully saturated rings. The van der Waals surface area contributed by atoms with Gasteiger partial charge in [-0.2, -0.15) is 0 Å². The highest BCUT2D eigenvalue weighted by molar-refractivity contribution is 7.70. The van der Waals surface area contributed by atoms with Crippen LogP contribution in [0.4, 0.5) is 0 Å². The molecular weight excluding hydrogens is 257 g/mol. The van der Waals surface area contributed by atoms with Gasteiger partial charge in [0.1, 0.15) is 5.02 Å². The Morgan fingerprint density at radius 2 is 1.92 bits per heavy atom. The average molecular weight is 259 g/mol. The molecule has 0 saturated carbocycles. The first-order valence-corrected chi connectivity index (χ1v) is 5.68. The molecule has 0 N–H and O–H groups in total. The van der Waals surface area contributed by atoms with E-state index in [1.54, 1.807) is 22.5 Å². The zero-order valence-corrected chi connectivity index (χ0v) is 9.45. The van der Waals surface area contributed by atoms with Gasteiger partial charge in [0.2, 0.25) is 0 Å². The minimum atomic E-state index is 0. The van der Waals surface area contributed by atoms with E-state index in [0.29, 0.717) is 5.02 Å². The molecule has 0 radical (unpaired) electrons. The van der Waals surface area contributed by atoms with Gasteiger partial charge in [0.25, 0.3) is 15.2 Å². The van der Waals surface area contributed by atoms with Crippen LogP contribution in [0.5, 0.6) is 0 Å². The number of halogens is 3. The molecule has 0 aliphatic rings. The molecule has 0 amide bonds. The molecule has 12 heavy (non-hydrogen) atoms. The number of benzene rings is 1. The molecule has 0 aliphatic carbocycles. The van der Waals surface area contributed by atoms with Crippen LogP contribution >= 0.6 is 44.1 Å². The van der Waals surface area contributed by atoms with Crippen LogP contribution in [0.2, 0.25) is 10.0 Å². The van der Waals surface area contributed by atoms with Crippen molar-refractivity contribution in [1.29, 1.82) is 0 Å². The lowest BCUT2D eigenvalue weighted by atomic mass is 10.3. The molecule has 64 valence electrons. The predicted molar refractivity (Wildman–Crippen MR) is 51.9 cm³/mol. The molecule has 2 rings (SSSR count). The molecule has 0 aliphatic heterocycles. The third-order valence-electron chi connectivity index (χ3n) is 1.28. The van der Waals surface area contributed by atoms with E-state index in [1.165, 1.54) is 10.5 Å². The Hall–Kier alpha value is 0.330. The van der Waals surface area contributed by atoms with Crippen LogP contribution in [-0.4, -0.2) is 4.37 Å². The van der Waals surface area contributed by atoms with Crippen molar-refractivity contribution in [2.45, 2.75) is 0 Å².